The summed E-state index contributed by atoms with van der Waals surface area (Å²) in [6.45, 7) is 5.72. The first-order chi connectivity index (χ1) is 10.1. The Balaban J connectivity index is 1.84. The normalized spacial score (nSPS) is 22.4. The van der Waals surface area contributed by atoms with Gasteiger partial charge in [0.05, 0.1) is 18.7 Å². The van der Waals surface area contributed by atoms with Gasteiger partial charge in [-0.05, 0) is 13.3 Å². The second-order valence-corrected chi connectivity index (χ2v) is 5.20. The molecule has 1 aromatic rings. The van der Waals surface area contributed by atoms with Gasteiger partial charge in [-0.1, -0.05) is 18.0 Å². The van der Waals surface area contributed by atoms with Crippen molar-refractivity contribution >= 4 is 5.91 Å². The minimum Gasteiger partial charge on any atom is -0.390 e. The number of nitrogens with zero attached hydrogens (tertiary/aromatic N) is 2. The van der Waals surface area contributed by atoms with E-state index < -0.39 is 6.10 Å². The summed E-state index contributed by atoms with van der Waals surface area (Å²) in [6.07, 6.45) is 0.933. The first-order valence-electron chi connectivity index (χ1n) is 7.20. The summed E-state index contributed by atoms with van der Waals surface area (Å²) in [4.78, 5) is 14.1. The molecular formula is C15H21N3O3. The van der Waals surface area contributed by atoms with E-state index in [4.69, 9.17) is 4.52 Å². The van der Waals surface area contributed by atoms with Gasteiger partial charge in [-0.3, -0.25) is 9.69 Å². The lowest BCUT2D eigenvalue weighted by molar-refractivity contribution is 0.0426. The molecule has 2 heterocycles. The van der Waals surface area contributed by atoms with Crippen LogP contribution in [0.4, 0.5) is 0 Å². The maximum absolute atomic E-state index is 12.0. The first-order valence-corrected chi connectivity index (χ1v) is 7.20. The van der Waals surface area contributed by atoms with Crippen LogP contribution in [0.1, 0.15) is 36.0 Å². The van der Waals surface area contributed by atoms with Gasteiger partial charge < -0.3 is 14.9 Å². The molecule has 0 saturated carbocycles. The molecule has 0 radical (unpaired) electrons. The Morgan fingerprint density at radius 1 is 1.62 bits per heavy atom. The second kappa shape index (κ2) is 7.25. The van der Waals surface area contributed by atoms with E-state index in [1.807, 2.05) is 6.92 Å². The van der Waals surface area contributed by atoms with Crippen LogP contribution in [0.15, 0.2) is 10.6 Å². The molecule has 0 unspecified atom stereocenters. The number of aromatic nitrogens is 1. The quantitative estimate of drug-likeness (QED) is 0.796. The van der Waals surface area contributed by atoms with Crippen molar-refractivity contribution in [1.82, 2.24) is 15.4 Å². The summed E-state index contributed by atoms with van der Waals surface area (Å²) in [5, 5.41) is 16.6. The highest BCUT2D eigenvalue weighted by atomic mass is 16.5. The number of amides is 1. The van der Waals surface area contributed by atoms with Crippen LogP contribution in [0.5, 0.6) is 0 Å². The molecule has 21 heavy (non-hydrogen) atoms. The molecule has 0 bridgehead atoms. The third-order valence-electron chi connectivity index (χ3n) is 3.45. The van der Waals surface area contributed by atoms with E-state index in [9.17, 15) is 9.90 Å². The molecule has 0 aromatic carbocycles. The Labute approximate surface area is 124 Å². The van der Waals surface area contributed by atoms with Gasteiger partial charge in [0, 0.05) is 25.6 Å². The van der Waals surface area contributed by atoms with Crippen LogP contribution >= 0.6 is 0 Å². The number of piperidine rings is 1. The van der Waals surface area contributed by atoms with Gasteiger partial charge in [0.15, 0.2) is 5.69 Å². The number of aliphatic hydroxyl groups excluding tert-OH is 1. The first kappa shape index (κ1) is 15.5. The van der Waals surface area contributed by atoms with Gasteiger partial charge >= 0.3 is 0 Å². The predicted molar refractivity (Wildman–Crippen MR) is 77.6 cm³/mol. The summed E-state index contributed by atoms with van der Waals surface area (Å²) in [5.74, 6) is 6.36. The molecule has 2 atom stereocenters. The summed E-state index contributed by atoms with van der Waals surface area (Å²) in [7, 11) is 0. The number of hydrogen-bond donors (Lipinski definition) is 2. The number of carbonyl (C=O) groups is 1. The fourth-order valence-electron chi connectivity index (χ4n) is 2.32. The minimum absolute atomic E-state index is 0.246. The number of β-amino-alcohol motifs (C(OH)–C–C–N with tert-alkyl or cyclic N) is 1. The lowest BCUT2D eigenvalue weighted by Crippen LogP contribution is -2.54. The van der Waals surface area contributed by atoms with E-state index in [0.29, 0.717) is 25.3 Å². The van der Waals surface area contributed by atoms with Crippen molar-refractivity contribution in [2.75, 3.05) is 19.6 Å². The largest absolute Gasteiger partial charge is 0.390 e. The average molecular weight is 291 g/mol. The maximum Gasteiger partial charge on any atom is 0.273 e. The van der Waals surface area contributed by atoms with Gasteiger partial charge in [0.2, 0.25) is 0 Å². The van der Waals surface area contributed by atoms with Crippen molar-refractivity contribution < 1.29 is 14.4 Å². The topological polar surface area (TPSA) is 78.6 Å². The Bertz CT molecular complexity index is 544. The molecule has 6 heteroatoms. The minimum atomic E-state index is -0.598. The van der Waals surface area contributed by atoms with Crippen molar-refractivity contribution in [3.8, 4) is 11.8 Å². The fourth-order valence-corrected chi connectivity index (χ4v) is 2.32. The molecule has 1 aliphatic heterocycles. The molecule has 1 aliphatic rings. The van der Waals surface area contributed by atoms with E-state index in [1.165, 1.54) is 0 Å². The monoisotopic (exact) mass is 291 g/mol. The third kappa shape index (κ3) is 4.31. The number of carbonyl (C=O) groups excluding carboxylic acids is 1. The third-order valence-corrected chi connectivity index (χ3v) is 3.45. The molecular weight excluding hydrogens is 270 g/mol. The van der Waals surface area contributed by atoms with Gasteiger partial charge in [0.1, 0.15) is 5.76 Å². The molecule has 0 aliphatic carbocycles. The van der Waals surface area contributed by atoms with Crippen LogP contribution in [-0.4, -0.2) is 52.9 Å². The highest BCUT2D eigenvalue weighted by Crippen LogP contribution is 2.12. The molecule has 114 valence electrons. The maximum atomic E-state index is 12.0. The molecule has 2 N–H and O–H groups in total. The summed E-state index contributed by atoms with van der Waals surface area (Å²) < 4.78 is 4.88. The molecule has 1 fully saturated rings. The van der Waals surface area contributed by atoms with E-state index in [1.54, 1.807) is 13.0 Å². The van der Waals surface area contributed by atoms with E-state index >= 15 is 0 Å². The van der Waals surface area contributed by atoms with E-state index in [-0.39, 0.29) is 17.6 Å². The van der Waals surface area contributed by atoms with Gasteiger partial charge in [0.25, 0.3) is 5.91 Å². The van der Waals surface area contributed by atoms with Crippen molar-refractivity contribution in [3.05, 3.63) is 17.5 Å². The van der Waals surface area contributed by atoms with Crippen molar-refractivity contribution in [2.24, 2.45) is 0 Å². The van der Waals surface area contributed by atoms with Crippen LogP contribution in [0.3, 0.4) is 0 Å². The number of aryl methyl sites for hydroxylation is 1. The fraction of sp³-hybridized carbons (Fsp3) is 0.600. The van der Waals surface area contributed by atoms with Crippen molar-refractivity contribution in [1.29, 1.82) is 0 Å². The van der Waals surface area contributed by atoms with Gasteiger partial charge in [-0.25, -0.2) is 0 Å². The Morgan fingerprint density at radius 2 is 2.43 bits per heavy atom. The molecule has 1 saturated heterocycles. The van der Waals surface area contributed by atoms with Crippen LogP contribution < -0.4 is 5.32 Å². The molecule has 6 nitrogen and oxygen atoms in total. The number of nitrogens with one attached hydrogen (secondary N) is 1. The van der Waals surface area contributed by atoms with Crippen molar-refractivity contribution in [3.63, 3.8) is 0 Å². The predicted octanol–water partition coefficient (Wildman–Crippen LogP) is 0.561. The standard InChI is InChI=1S/C15H21N3O3/c1-3-4-5-7-18-8-6-12(14(19)10-18)16-15(20)13-9-11(2)21-17-13/h9,12,14,19H,3,6-8,10H2,1-2H3,(H,16,20)/t12-,14-/m1/s1. The smallest absolute Gasteiger partial charge is 0.273 e. The van der Waals surface area contributed by atoms with Gasteiger partial charge in [-0.15, -0.1) is 5.92 Å². The number of aliphatic hydroxyl groups is 1. The highest BCUT2D eigenvalue weighted by Gasteiger charge is 2.29. The molecule has 2 rings (SSSR count). The number of rotatable bonds is 3. The summed E-state index contributed by atoms with van der Waals surface area (Å²) in [6, 6.07) is 1.32. The van der Waals surface area contributed by atoms with Crippen LogP contribution in [0.2, 0.25) is 0 Å². The molecule has 0 spiro atoms. The lowest BCUT2D eigenvalue weighted by Gasteiger charge is -2.35. The zero-order valence-electron chi connectivity index (χ0n) is 12.4. The molecule has 1 aromatic heterocycles. The van der Waals surface area contributed by atoms with E-state index in [0.717, 1.165) is 13.0 Å². The van der Waals surface area contributed by atoms with Crippen LogP contribution in [-0.2, 0) is 0 Å². The Hall–Kier alpha value is -1.84. The van der Waals surface area contributed by atoms with E-state index in [2.05, 4.69) is 27.2 Å². The summed E-state index contributed by atoms with van der Waals surface area (Å²) in [5.41, 5.74) is 0.246. The number of likely N-dealkylation sites (tertiary alicyclic amines) is 1. The Morgan fingerprint density at radius 3 is 3.05 bits per heavy atom. The van der Waals surface area contributed by atoms with Crippen LogP contribution in [0, 0.1) is 18.8 Å². The van der Waals surface area contributed by atoms with Gasteiger partial charge in [-0.2, -0.15) is 0 Å². The zero-order chi connectivity index (χ0) is 15.2. The lowest BCUT2D eigenvalue weighted by atomic mass is 10.0. The van der Waals surface area contributed by atoms with Crippen LogP contribution in [0.25, 0.3) is 0 Å². The van der Waals surface area contributed by atoms with Crippen molar-refractivity contribution in [2.45, 2.75) is 38.8 Å². The zero-order valence-corrected chi connectivity index (χ0v) is 12.4. The SMILES string of the molecule is CCC#CCN1CC[C@@H](NC(=O)c2cc(C)on2)[C@H](O)C1. The average Bonchev–Trinajstić information content (AvgIpc) is 2.89. The number of hydrogen-bond acceptors (Lipinski definition) is 5. The summed E-state index contributed by atoms with van der Waals surface area (Å²) >= 11 is 0. The second-order valence-electron chi connectivity index (χ2n) is 5.20. The molecule has 1 amide bonds. The Kier molecular flexibility index (Phi) is 5.37. The highest BCUT2D eigenvalue weighted by molar-refractivity contribution is 5.92.